The van der Waals surface area contributed by atoms with Crippen molar-refractivity contribution < 1.29 is 9.21 Å². The van der Waals surface area contributed by atoms with E-state index in [-0.39, 0.29) is 33.5 Å². The maximum absolute atomic E-state index is 12.8. The van der Waals surface area contributed by atoms with Crippen molar-refractivity contribution in [3.05, 3.63) is 67.5 Å². The zero-order valence-electron chi connectivity index (χ0n) is 16.8. The third-order valence-corrected chi connectivity index (χ3v) is 6.27. The monoisotopic (exact) mass is 491 g/mol. The highest BCUT2D eigenvalue weighted by Gasteiger charge is 2.20. The molecule has 0 radical (unpaired) electrons. The SMILES string of the molecule is Cn1c(=O)c2c(SCC(=O)Nc3ccc(Cl)c(Cl)c3)nc(-c3ccco3)nc2n(C)c1=O. The smallest absolute Gasteiger partial charge is 0.332 e. The molecule has 1 aromatic carbocycles. The number of nitrogens with one attached hydrogen (secondary N) is 1. The van der Waals surface area contributed by atoms with Gasteiger partial charge >= 0.3 is 5.69 Å². The molecular weight excluding hydrogens is 477 g/mol. The lowest BCUT2D eigenvalue weighted by atomic mass is 10.3. The molecule has 0 saturated carbocycles. The number of aromatic nitrogens is 4. The molecule has 0 atom stereocenters. The number of thioether (sulfide) groups is 1. The van der Waals surface area contributed by atoms with E-state index >= 15 is 0 Å². The molecule has 0 unspecified atom stereocenters. The number of anilines is 1. The van der Waals surface area contributed by atoms with Gasteiger partial charge in [-0.25, -0.2) is 14.8 Å². The van der Waals surface area contributed by atoms with Crippen LogP contribution in [0.3, 0.4) is 0 Å². The Labute approximate surface area is 195 Å². The molecule has 9 nitrogen and oxygen atoms in total. The molecule has 3 heterocycles. The van der Waals surface area contributed by atoms with Crippen LogP contribution in [0.4, 0.5) is 5.69 Å². The Morgan fingerprint density at radius 3 is 2.59 bits per heavy atom. The minimum absolute atomic E-state index is 0.0596. The number of hydrogen-bond donors (Lipinski definition) is 1. The highest BCUT2D eigenvalue weighted by Crippen LogP contribution is 2.27. The second-order valence-corrected chi connectivity index (χ2v) is 8.48. The van der Waals surface area contributed by atoms with Crippen LogP contribution in [0.2, 0.25) is 10.0 Å². The molecule has 164 valence electrons. The van der Waals surface area contributed by atoms with E-state index in [2.05, 4.69) is 15.3 Å². The molecule has 12 heteroatoms. The molecule has 0 spiro atoms. The molecule has 32 heavy (non-hydrogen) atoms. The van der Waals surface area contributed by atoms with Crippen molar-refractivity contribution >= 4 is 57.6 Å². The number of hydrogen-bond acceptors (Lipinski definition) is 7. The lowest BCUT2D eigenvalue weighted by Crippen LogP contribution is -2.37. The van der Waals surface area contributed by atoms with Crippen molar-refractivity contribution in [2.75, 3.05) is 11.1 Å². The summed E-state index contributed by atoms with van der Waals surface area (Å²) in [5.74, 6) is 0.150. The van der Waals surface area contributed by atoms with Gasteiger partial charge in [0.1, 0.15) is 10.4 Å². The first-order valence-corrected chi connectivity index (χ1v) is 10.9. The summed E-state index contributed by atoms with van der Waals surface area (Å²) in [6.07, 6.45) is 1.46. The first-order valence-electron chi connectivity index (χ1n) is 9.15. The molecule has 0 bridgehead atoms. The van der Waals surface area contributed by atoms with Crippen LogP contribution in [0.25, 0.3) is 22.6 Å². The Hall–Kier alpha value is -3.08. The van der Waals surface area contributed by atoms with Crippen LogP contribution in [0.1, 0.15) is 0 Å². The van der Waals surface area contributed by atoms with Crippen LogP contribution >= 0.6 is 35.0 Å². The molecule has 3 aromatic heterocycles. The Morgan fingerprint density at radius 1 is 1.12 bits per heavy atom. The minimum atomic E-state index is -0.554. The van der Waals surface area contributed by atoms with Crippen LogP contribution in [-0.2, 0) is 18.9 Å². The van der Waals surface area contributed by atoms with Crippen molar-refractivity contribution in [3.8, 4) is 11.6 Å². The predicted octanol–water partition coefficient (Wildman–Crippen LogP) is 3.32. The summed E-state index contributed by atoms with van der Waals surface area (Å²) in [5, 5.41) is 3.79. The number of aryl methyl sites for hydroxylation is 1. The number of carbonyl (C=O) groups is 1. The Kier molecular flexibility index (Phi) is 6.09. The van der Waals surface area contributed by atoms with Crippen LogP contribution < -0.4 is 16.6 Å². The van der Waals surface area contributed by atoms with Gasteiger partial charge in [0.05, 0.1) is 22.1 Å². The largest absolute Gasteiger partial charge is 0.461 e. The van der Waals surface area contributed by atoms with Gasteiger partial charge in [0.15, 0.2) is 17.2 Å². The van der Waals surface area contributed by atoms with E-state index in [1.54, 1.807) is 24.3 Å². The topological polar surface area (TPSA) is 112 Å². The fourth-order valence-corrected chi connectivity index (χ4v) is 4.07. The molecule has 1 amide bonds. The van der Waals surface area contributed by atoms with Gasteiger partial charge in [-0.15, -0.1) is 0 Å². The number of amides is 1. The van der Waals surface area contributed by atoms with Crippen LogP contribution in [0, 0.1) is 0 Å². The van der Waals surface area contributed by atoms with Crippen LogP contribution in [0.15, 0.2) is 55.6 Å². The Morgan fingerprint density at radius 2 is 1.91 bits per heavy atom. The van der Waals surface area contributed by atoms with E-state index in [0.717, 1.165) is 16.3 Å². The van der Waals surface area contributed by atoms with Crippen molar-refractivity contribution in [1.82, 2.24) is 19.1 Å². The molecule has 0 aliphatic rings. The maximum atomic E-state index is 12.8. The number of furan rings is 1. The van der Waals surface area contributed by atoms with E-state index in [4.69, 9.17) is 27.6 Å². The summed E-state index contributed by atoms with van der Waals surface area (Å²) >= 11 is 12.9. The van der Waals surface area contributed by atoms with E-state index < -0.39 is 11.2 Å². The number of carbonyl (C=O) groups excluding carboxylic acids is 1. The zero-order chi connectivity index (χ0) is 23.0. The van der Waals surface area contributed by atoms with Crippen LogP contribution in [-0.4, -0.2) is 30.8 Å². The van der Waals surface area contributed by atoms with Gasteiger partial charge in [-0.1, -0.05) is 35.0 Å². The van der Waals surface area contributed by atoms with Crippen molar-refractivity contribution in [2.45, 2.75) is 5.03 Å². The minimum Gasteiger partial charge on any atom is -0.461 e. The number of nitrogens with zero attached hydrogens (tertiary/aromatic N) is 4. The first kappa shape index (κ1) is 22.1. The highest BCUT2D eigenvalue weighted by atomic mass is 35.5. The first-order chi connectivity index (χ1) is 15.3. The summed E-state index contributed by atoms with van der Waals surface area (Å²) in [6.45, 7) is 0. The maximum Gasteiger partial charge on any atom is 0.332 e. The van der Waals surface area contributed by atoms with Gasteiger partial charge in [-0.05, 0) is 30.3 Å². The molecule has 0 saturated heterocycles. The van der Waals surface area contributed by atoms with E-state index in [1.807, 2.05) is 0 Å². The average Bonchev–Trinajstić information content (AvgIpc) is 3.31. The third-order valence-electron chi connectivity index (χ3n) is 4.55. The van der Waals surface area contributed by atoms with Crippen molar-refractivity contribution in [2.24, 2.45) is 14.1 Å². The average molecular weight is 492 g/mol. The summed E-state index contributed by atoms with van der Waals surface area (Å²) in [7, 11) is 2.88. The number of benzene rings is 1. The molecule has 4 rings (SSSR count). The lowest BCUT2D eigenvalue weighted by Gasteiger charge is -2.11. The van der Waals surface area contributed by atoms with Gasteiger partial charge in [-0.2, -0.15) is 0 Å². The summed E-state index contributed by atoms with van der Waals surface area (Å²) in [6, 6.07) is 8.06. The fourth-order valence-electron chi connectivity index (χ4n) is 2.95. The quantitative estimate of drug-likeness (QED) is 0.336. The molecule has 0 aliphatic heterocycles. The molecule has 0 aliphatic carbocycles. The normalized spacial score (nSPS) is 11.1. The van der Waals surface area contributed by atoms with Crippen LogP contribution in [0.5, 0.6) is 0 Å². The van der Waals surface area contributed by atoms with E-state index in [0.29, 0.717) is 21.5 Å². The second kappa shape index (κ2) is 8.81. The Balaban J connectivity index is 1.72. The second-order valence-electron chi connectivity index (χ2n) is 6.70. The fraction of sp³-hybridized carbons (Fsp3) is 0.150. The standard InChI is InChI=1S/C20H15Cl2N5O4S/c1-26-17-15(19(29)27(2)20(26)30)18(25-16(24-17)13-4-3-7-31-13)32-9-14(28)23-10-5-6-11(21)12(22)8-10/h3-8H,9H2,1-2H3,(H,23,28). The van der Waals surface area contributed by atoms with Gasteiger partial charge in [0, 0.05) is 19.8 Å². The lowest BCUT2D eigenvalue weighted by molar-refractivity contribution is -0.113. The third kappa shape index (κ3) is 4.16. The zero-order valence-corrected chi connectivity index (χ0v) is 19.1. The van der Waals surface area contributed by atoms with E-state index in [1.165, 1.54) is 31.0 Å². The van der Waals surface area contributed by atoms with Crippen molar-refractivity contribution in [3.63, 3.8) is 0 Å². The summed E-state index contributed by atoms with van der Waals surface area (Å²) in [5.41, 5.74) is -0.458. The van der Waals surface area contributed by atoms with Gasteiger partial charge in [0.2, 0.25) is 5.91 Å². The number of rotatable bonds is 5. The number of halogens is 2. The molecular formula is C20H15Cl2N5O4S. The molecule has 1 N–H and O–H groups in total. The molecule has 0 fully saturated rings. The highest BCUT2D eigenvalue weighted by molar-refractivity contribution is 8.00. The van der Waals surface area contributed by atoms with Crippen molar-refractivity contribution in [1.29, 1.82) is 0 Å². The summed E-state index contributed by atoms with van der Waals surface area (Å²) in [4.78, 5) is 46.5. The van der Waals surface area contributed by atoms with Gasteiger partial charge < -0.3 is 9.73 Å². The molecule has 4 aromatic rings. The van der Waals surface area contributed by atoms with Gasteiger partial charge in [0.25, 0.3) is 5.56 Å². The Bertz CT molecular complexity index is 1460. The summed E-state index contributed by atoms with van der Waals surface area (Å²) < 4.78 is 7.59. The van der Waals surface area contributed by atoms with E-state index in [9.17, 15) is 14.4 Å². The predicted molar refractivity (Wildman–Crippen MR) is 124 cm³/mol. The number of fused-ring (bicyclic) bond motifs is 1. The van der Waals surface area contributed by atoms with Gasteiger partial charge in [-0.3, -0.25) is 18.7 Å².